The van der Waals surface area contributed by atoms with Crippen LogP contribution in [0.1, 0.15) is 37.8 Å². The number of hydrogen-bond acceptors (Lipinski definition) is 1. The summed E-state index contributed by atoms with van der Waals surface area (Å²) in [5.74, 6) is 0. The fourth-order valence-electron chi connectivity index (χ4n) is 2.10. The number of nitrogens with one attached hydrogen (secondary N) is 1. The standard InChI is InChI=1S/C12H16BrN/c1-9-3-2-4-12(14-9)10-5-7-11(13)8-6-10/h5-9,12,14H,2-4H2,1H3. The lowest BCUT2D eigenvalue weighted by Gasteiger charge is -2.29. The molecule has 2 atom stereocenters. The summed E-state index contributed by atoms with van der Waals surface area (Å²) in [7, 11) is 0. The van der Waals surface area contributed by atoms with Crippen LogP contribution in [0.4, 0.5) is 0 Å². The fraction of sp³-hybridized carbons (Fsp3) is 0.500. The molecule has 1 aliphatic rings. The van der Waals surface area contributed by atoms with Crippen LogP contribution in [-0.2, 0) is 0 Å². The molecule has 0 aromatic heterocycles. The minimum absolute atomic E-state index is 0.562. The molecule has 2 heteroatoms. The third-order valence-corrected chi connectivity index (χ3v) is 3.42. The first-order valence-corrected chi connectivity index (χ1v) is 6.06. The lowest BCUT2D eigenvalue weighted by molar-refractivity contribution is 0.341. The van der Waals surface area contributed by atoms with Crippen molar-refractivity contribution < 1.29 is 0 Å². The summed E-state index contributed by atoms with van der Waals surface area (Å²) in [6, 6.07) is 9.89. The molecule has 2 rings (SSSR count). The summed E-state index contributed by atoms with van der Waals surface area (Å²) >= 11 is 3.46. The minimum atomic E-state index is 0.562. The second kappa shape index (κ2) is 4.45. The maximum absolute atomic E-state index is 3.64. The summed E-state index contributed by atoms with van der Waals surface area (Å²) in [4.78, 5) is 0. The quantitative estimate of drug-likeness (QED) is 0.806. The van der Waals surface area contributed by atoms with Crippen molar-refractivity contribution in [2.75, 3.05) is 0 Å². The van der Waals surface area contributed by atoms with Gasteiger partial charge in [-0.25, -0.2) is 0 Å². The minimum Gasteiger partial charge on any atom is -0.307 e. The zero-order valence-corrected chi connectivity index (χ0v) is 10.0. The van der Waals surface area contributed by atoms with Crippen molar-refractivity contribution in [2.45, 2.75) is 38.3 Å². The highest BCUT2D eigenvalue weighted by molar-refractivity contribution is 9.10. The third-order valence-electron chi connectivity index (χ3n) is 2.89. The van der Waals surface area contributed by atoms with Gasteiger partial charge in [0.2, 0.25) is 0 Å². The molecular formula is C12H16BrN. The summed E-state index contributed by atoms with van der Waals surface area (Å²) in [5.41, 5.74) is 1.42. The average Bonchev–Trinajstić information content (AvgIpc) is 2.19. The predicted molar refractivity (Wildman–Crippen MR) is 63.3 cm³/mol. The van der Waals surface area contributed by atoms with Gasteiger partial charge in [0.05, 0.1) is 0 Å². The van der Waals surface area contributed by atoms with Gasteiger partial charge in [0.25, 0.3) is 0 Å². The molecule has 0 spiro atoms. The van der Waals surface area contributed by atoms with Crippen molar-refractivity contribution in [3.63, 3.8) is 0 Å². The summed E-state index contributed by atoms with van der Waals surface area (Å²) in [6.45, 7) is 2.27. The smallest absolute Gasteiger partial charge is 0.0322 e. The molecule has 14 heavy (non-hydrogen) atoms. The van der Waals surface area contributed by atoms with E-state index in [1.165, 1.54) is 24.8 Å². The van der Waals surface area contributed by atoms with Crippen LogP contribution in [0.2, 0.25) is 0 Å². The van der Waals surface area contributed by atoms with Crippen molar-refractivity contribution in [3.05, 3.63) is 34.3 Å². The van der Waals surface area contributed by atoms with Crippen molar-refractivity contribution >= 4 is 15.9 Å². The second-order valence-corrected chi connectivity index (χ2v) is 5.02. The van der Waals surface area contributed by atoms with Crippen LogP contribution in [0.15, 0.2) is 28.7 Å². The van der Waals surface area contributed by atoms with Crippen LogP contribution < -0.4 is 5.32 Å². The van der Waals surface area contributed by atoms with Gasteiger partial charge in [0, 0.05) is 16.6 Å². The zero-order chi connectivity index (χ0) is 9.97. The third kappa shape index (κ3) is 2.37. The van der Waals surface area contributed by atoms with E-state index in [0.717, 1.165) is 4.47 Å². The van der Waals surface area contributed by atoms with Crippen LogP contribution in [0, 0.1) is 0 Å². The molecule has 0 saturated carbocycles. The van der Waals surface area contributed by atoms with E-state index in [9.17, 15) is 0 Å². The Bertz CT molecular complexity index is 294. The Balaban J connectivity index is 2.10. The topological polar surface area (TPSA) is 12.0 Å². The molecule has 0 amide bonds. The molecular weight excluding hydrogens is 238 g/mol. The number of piperidine rings is 1. The molecule has 1 N–H and O–H groups in total. The fourth-order valence-corrected chi connectivity index (χ4v) is 2.36. The Labute approximate surface area is 94.0 Å². The van der Waals surface area contributed by atoms with E-state index >= 15 is 0 Å². The first-order chi connectivity index (χ1) is 6.75. The van der Waals surface area contributed by atoms with Gasteiger partial charge in [0.1, 0.15) is 0 Å². The van der Waals surface area contributed by atoms with Crippen LogP contribution in [-0.4, -0.2) is 6.04 Å². The van der Waals surface area contributed by atoms with Gasteiger partial charge in [-0.3, -0.25) is 0 Å². The van der Waals surface area contributed by atoms with Gasteiger partial charge < -0.3 is 5.32 Å². The van der Waals surface area contributed by atoms with Crippen LogP contribution in [0.25, 0.3) is 0 Å². The zero-order valence-electron chi connectivity index (χ0n) is 8.46. The number of benzene rings is 1. The van der Waals surface area contributed by atoms with Gasteiger partial charge in [-0.15, -0.1) is 0 Å². The molecule has 76 valence electrons. The van der Waals surface area contributed by atoms with E-state index in [1.54, 1.807) is 0 Å². The Hall–Kier alpha value is -0.340. The predicted octanol–water partition coefficient (Wildman–Crippen LogP) is 3.65. The normalized spacial score (nSPS) is 27.6. The van der Waals surface area contributed by atoms with Crippen molar-refractivity contribution in [2.24, 2.45) is 0 Å². The highest BCUT2D eigenvalue weighted by Gasteiger charge is 2.18. The van der Waals surface area contributed by atoms with E-state index in [0.29, 0.717) is 12.1 Å². The number of halogens is 1. The van der Waals surface area contributed by atoms with Crippen LogP contribution in [0.5, 0.6) is 0 Å². The molecule has 1 aromatic carbocycles. The molecule has 1 fully saturated rings. The summed E-state index contributed by atoms with van der Waals surface area (Å²) < 4.78 is 1.16. The molecule has 0 radical (unpaired) electrons. The van der Waals surface area contributed by atoms with E-state index in [2.05, 4.69) is 52.4 Å². The van der Waals surface area contributed by atoms with Gasteiger partial charge in [0.15, 0.2) is 0 Å². The average molecular weight is 254 g/mol. The number of rotatable bonds is 1. The Morgan fingerprint density at radius 1 is 1.21 bits per heavy atom. The summed E-state index contributed by atoms with van der Waals surface area (Å²) in [6.07, 6.45) is 3.92. The van der Waals surface area contributed by atoms with Crippen molar-refractivity contribution in [1.29, 1.82) is 0 Å². The van der Waals surface area contributed by atoms with Crippen molar-refractivity contribution in [1.82, 2.24) is 5.32 Å². The van der Waals surface area contributed by atoms with Gasteiger partial charge >= 0.3 is 0 Å². The first-order valence-electron chi connectivity index (χ1n) is 5.27. The summed E-state index contributed by atoms with van der Waals surface area (Å²) in [5, 5.41) is 3.64. The SMILES string of the molecule is CC1CCCC(c2ccc(Br)cc2)N1. The molecule has 0 bridgehead atoms. The molecule has 1 heterocycles. The van der Waals surface area contributed by atoms with E-state index in [-0.39, 0.29) is 0 Å². The van der Waals surface area contributed by atoms with E-state index in [4.69, 9.17) is 0 Å². The highest BCUT2D eigenvalue weighted by Crippen LogP contribution is 2.26. The molecule has 1 saturated heterocycles. The monoisotopic (exact) mass is 253 g/mol. The Morgan fingerprint density at radius 3 is 2.57 bits per heavy atom. The lowest BCUT2D eigenvalue weighted by atomic mass is 9.94. The van der Waals surface area contributed by atoms with Gasteiger partial charge in [-0.2, -0.15) is 0 Å². The Kier molecular flexibility index (Phi) is 3.24. The van der Waals surface area contributed by atoms with E-state index < -0.39 is 0 Å². The molecule has 2 unspecified atom stereocenters. The van der Waals surface area contributed by atoms with Crippen LogP contribution in [0.3, 0.4) is 0 Å². The van der Waals surface area contributed by atoms with Crippen molar-refractivity contribution in [3.8, 4) is 0 Å². The van der Waals surface area contributed by atoms with Gasteiger partial charge in [-0.1, -0.05) is 34.5 Å². The Morgan fingerprint density at radius 2 is 1.93 bits per heavy atom. The maximum Gasteiger partial charge on any atom is 0.0322 e. The highest BCUT2D eigenvalue weighted by atomic mass is 79.9. The largest absolute Gasteiger partial charge is 0.307 e. The second-order valence-electron chi connectivity index (χ2n) is 4.10. The lowest BCUT2D eigenvalue weighted by Crippen LogP contribution is -2.34. The first kappa shape index (κ1) is 10.2. The maximum atomic E-state index is 3.64. The number of hydrogen-bond donors (Lipinski definition) is 1. The molecule has 0 aliphatic carbocycles. The molecule has 1 aromatic rings. The van der Waals surface area contributed by atoms with Gasteiger partial charge in [-0.05, 0) is 37.5 Å². The molecule has 1 nitrogen and oxygen atoms in total. The van der Waals surface area contributed by atoms with E-state index in [1.807, 2.05) is 0 Å². The van der Waals surface area contributed by atoms with Crippen LogP contribution >= 0.6 is 15.9 Å². The molecule has 1 aliphatic heterocycles.